The zero-order valence-corrected chi connectivity index (χ0v) is 12.2. The van der Waals surface area contributed by atoms with E-state index in [2.05, 4.69) is 36.4 Å². The number of aliphatic hydroxyl groups excluding tert-OH is 1. The van der Waals surface area contributed by atoms with Gasteiger partial charge in [-0.05, 0) is 51.9 Å². The molecule has 108 valence electrons. The molecule has 3 aromatic carbocycles. The van der Waals surface area contributed by atoms with Gasteiger partial charge in [0.25, 0.3) is 0 Å². The zero-order chi connectivity index (χ0) is 15.1. The van der Waals surface area contributed by atoms with Gasteiger partial charge in [-0.1, -0.05) is 54.6 Å². The topological polar surface area (TPSA) is 46.2 Å². The Morgan fingerprint density at radius 1 is 0.773 bits per heavy atom. The van der Waals surface area contributed by atoms with E-state index in [1.165, 1.54) is 22.3 Å². The number of hydrogen-bond donors (Lipinski definition) is 2. The maximum Gasteiger partial charge on any atom is 0.104 e. The van der Waals surface area contributed by atoms with E-state index in [0.717, 1.165) is 17.5 Å². The first-order valence-electron chi connectivity index (χ1n) is 7.47. The molecule has 0 aromatic heterocycles. The Morgan fingerprint density at radius 3 is 2.41 bits per heavy atom. The van der Waals surface area contributed by atoms with Crippen LogP contribution in [0.5, 0.6) is 0 Å². The molecular formula is C20H17NO. The van der Waals surface area contributed by atoms with E-state index in [1.807, 2.05) is 30.3 Å². The monoisotopic (exact) mass is 287 g/mol. The van der Waals surface area contributed by atoms with Gasteiger partial charge in [0.2, 0.25) is 0 Å². The smallest absolute Gasteiger partial charge is 0.104 e. The molecule has 0 heterocycles. The lowest BCUT2D eigenvalue weighted by molar-refractivity contribution is 0.220. The summed E-state index contributed by atoms with van der Waals surface area (Å²) >= 11 is 0. The molecule has 0 bridgehead atoms. The van der Waals surface area contributed by atoms with E-state index in [9.17, 15) is 5.11 Å². The minimum atomic E-state index is -0.641. The van der Waals surface area contributed by atoms with E-state index in [1.54, 1.807) is 0 Å². The summed E-state index contributed by atoms with van der Waals surface area (Å²) in [5, 5.41) is 10.6. The van der Waals surface area contributed by atoms with Crippen LogP contribution in [0.1, 0.15) is 28.4 Å². The van der Waals surface area contributed by atoms with Crippen molar-refractivity contribution < 1.29 is 5.11 Å². The molecule has 4 rings (SSSR count). The van der Waals surface area contributed by atoms with Gasteiger partial charge in [0.15, 0.2) is 0 Å². The molecule has 0 aliphatic heterocycles. The van der Waals surface area contributed by atoms with Crippen LogP contribution in [0.25, 0.3) is 11.1 Å². The highest BCUT2D eigenvalue weighted by molar-refractivity contribution is 5.77. The van der Waals surface area contributed by atoms with Gasteiger partial charge in [-0.2, -0.15) is 0 Å². The Hall–Kier alpha value is -2.58. The van der Waals surface area contributed by atoms with Gasteiger partial charge in [0.1, 0.15) is 6.10 Å². The predicted molar refractivity (Wildman–Crippen MR) is 89.6 cm³/mol. The molecule has 0 saturated heterocycles. The third-order valence-electron chi connectivity index (χ3n) is 4.36. The van der Waals surface area contributed by atoms with Gasteiger partial charge < -0.3 is 10.8 Å². The number of hydrogen-bond acceptors (Lipinski definition) is 2. The zero-order valence-electron chi connectivity index (χ0n) is 12.2. The SMILES string of the molecule is Nc1cccc([C@@H](O)c2ccc3c(c2)Cc2ccccc2-3)c1. The fraction of sp³-hybridized carbons (Fsp3) is 0.100. The highest BCUT2D eigenvalue weighted by Crippen LogP contribution is 2.38. The standard InChI is InChI=1S/C20H17NO/c21-17-6-3-5-14(12-17)20(22)15-8-9-19-16(11-15)10-13-4-1-2-7-18(13)19/h1-9,11-12,20,22H,10,21H2/t20-/m1/s1. The average molecular weight is 287 g/mol. The lowest BCUT2D eigenvalue weighted by atomic mass is 9.97. The van der Waals surface area contributed by atoms with E-state index in [0.29, 0.717) is 5.69 Å². The second-order valence-electron chi connectivity index (χ2n) is 5.82. The number of nitrogen functional groups attached to an aromatic ring is 1. The highest BCUT2D eigenvalue weighted by Gasteiger charge is 2.20. The molecule has 1 aliphatic rings. The normalized spacial score (nSPS) is 13.5. The van der Waals surface area contributed by atoms with E-state index >= 15 is 0 Å². The van der Waals surface area contributed by atoms with Gasteiger partial charge >= 0.3 is 0 Å². The third kappa shape index (κ3) is 2.09. The maximum absolute atomic E-state index is 10.6. The summed E-state index contributed by atoms with van der Waals surface area (Å²) in [7, 11) is 0. The second-order valence-corrected chi connectivity index (χ2v) is 5.82. The summed E-state index contributed by atoms with van der Waals surface area (Å²) < 4.78 is 0. The Morgan fingerprint density at radius 2 is 1.55 bits per heavy atom. The summed E-state index contributed by atoms with van der Waals surface area (Å²) in [6, 6.07) is 22.2. The highest BCUT2D eigenvalue weighted by atomic mass is 16.3. The number of aliphatic hydroxyl groups is 1. The van der Waals surface area contributed by atoms with Crippen LogP contribution in [0.2, 0.25) is 0 Å². The van der Waals surface area contributed by atoms with E-state index in [4.69, 9.17) is 5.73 Å². The summed E-state index contributed by atoms with van der Waals surface area (Å²) in [6.45, 7) is 0. The Kier molecular flexibility index (Phi) is 2.98. The Balaban J connectivity index is 1.73. The fourth-order valence-electron chi connectivity index (χ4n) is 3.26. The first-order chi connectivity index (χ1) is 10.7. The van der Waals surface area contributed by atoms with E-state index < -0.39 is 6.10 Å². The summed E-state index contributed by atoms with van der Waals surface area (Å²) in [6.07, 6.45) is 0.292. The summed E-state index contributed by atoms with van der Waals surface area (Å²) in [5.41, 5.74) is 13.4. The molecule has 3 aromatic rings. The first-order valence-corrected chi connectivity index (χ1v) is 7.47. The molecule has 1 atom stereocenters. The van der Waals surface area contributed by atoms with Gasteiger partial charge in [-0.25, -0.2) is 0 Å². The number of rotatable bonds is 2. The molecule has 0 spiro atoms. The number of anilines is 1. The molecule has 3 N–H and O–H groups in total. The molecule has 0 fully saturated rings. The maximum atomic E-state index is 10.6. The largest absolute Gasteiger partial charge is 0.399 e. The summed E-state index contributed by atoms with van der Waals surface area (Å²) in [4.78, 5) is 0. The van der Waals surface area contributed by atoms with Crippen molar-refractivity contribution in [3.05, 3.63) is 89.0 Å². The van der Waals surface area contributed by atoms with Gasteiger partial charge in [0, 0.05) is 5.69 Å². The van der Waals surface area contributed by atoms with Crippen LogP contribution >= 0.6 is 0 Å². The number of nitrogens with two attached hydrogens (primary N) is 1. The summed E-state index contributed by atoms with van der Waals surface area (Å²) in [5.74, 6) is 0. The molecular weight excluding hydrogens is 270 g/mol. The van der Waals surface area contributed by atoms with Gasteiger partial charge in [0.05, 0.1) is 0 Å². The molecule has 1 aliphatic carbocycles. The minimum Gasteiger partial charge on any atom is -0.399 e. The Bertz CT molecular complexity index is 854. The van der Waals surface area contributed by atoms with Crippen molar-refractivity contribution in [3.63, 3.8) is 0 Å². The average Bonchev–Trinajstić information content (AvgIpc) is 2.91. The van der Waals surface area contributed by atoms with Crippen molar-refractivity contribution in [2.24, 2.45) is 0 Å². The van der Waals surface area contributed by atoms with Gasteiger partial charge in [-0.15, -0.1) is 0 Å². The van der Waals surface area contributed by atoms with E-state index in [-0.39, 0.29) is 0 Å². The Labute approximate surface area is 129 Å². The molecule has 2 heteroatoms. The van der Waals surface area contributed by atoms with Gasteiger partial charge in [-0.3, -0.25) is 0 Å². The lowest BCUT2D eigenvalue weighted by Gasteiger charge is -2.13. The van der Waals surface area contributed by atoms with Crippen LogP contribution < -0.4 is 5.73 Å². The first kappa shape index (κ1) is 13.1. The second kappa shape index (κ2) is 5.00. The van der Waals surface area contributed by atoms with Crippen molar-refractivity contribution in [2.75, 3.05) is 5.73 Å². The quantitative estimate of drug-likeness (QED) is 0.549. The van der Waals surface area contributed by atoms with Crippen LogP contribution in [0.3, 0.4) is 0 Å². The minimum absolute atomic E-state index is 0.641. The molecule has 22 heavy (non-hydrogen) atoms. The van der Waals surface area contributed by atoms with Crippen molar-refractivity contribution in [1.29, 1.82) is 0 Å². The molecule has 2 nitrogen and oxygen atoms in total. The predicted octanol–water partition coefficient (Wildman–Crippen LogP) is 3.92. The number of fused-ring (bicyclic) bond motifs is 3. The van der Waals surface area contributed by atoms with Crippen LogP contribution in [-0.2, 0) is 6.42 Å². The van der Waals surface area contributed by atoms with Crippen molar-refractivity contribution in [1.82, 2.24) is 0 Å². The fourth-order valence-corrected chi connectivity index (χ4v) is 3.26. The van der Waals surface area contributed by atoms with Crippen LogP contribution in [0.15, 0.2) is 66.7 Å². The van der Waals surface area contributed by atoms with Crippen LogP contribution in [-0.4, -0.2) is 5.11 Å². The molecule has 0 amide bonds. The number of benzene rings is 3. The van der Waals surface area contributed by atoms with Crippen molar-refractivity contribution in [2.45, 2.75) is 12.5 Å². The molecule has 0 saturated carbocycles. The van der Waals surface area contributed by atoms with Crippen LogP contribution in [0, 0.1) is 0 Å². The lowest BCUT2D eigenvalue weighted by Crippen LogP contribution is -2.01. The third-order valence-corrected chi connectivity index (χ3v) is 4.36. The van der Waals surface area contributed by atoms with Crippen molar-refractivity contribution in [3.8, 4) is 11.1 Å². The van der Waals surface area contributed by atoms with Crippen LogP contribution in [0.4, 0.5) is 5.69 Å². The van der Waals surface area contributed by atoms with Crippen molar-refractivity contribution >= 4 is 5.69 Å². The molecule has 0 radical (unpaired) electrons. The molecule has 0 unspecified atom stereocenters.